The van der Waals surface area contributed by atoms with Crippen molar-refractivity contribution >= 4 is 21.8 Å². The van der Waals surface area contributed by atoms with Crippen LogP contribution in [0.4, 0.5) is 0 Å². The van der Waals surface area contributed by atoms with Gasteiger partial charge in [0.05, 0.1) is 22.4 Å². The standard InChI is InChI=1S/C40H27N3.C4H6.C2H6/c1-3-13-28(14-4-1)36-27-37(42-40(41-36)29-15-5-2-6-16-29)32-19-11-17-30(25-32)31-18-12-20-33(26-31)43-38-23-9-7-21-34(38)35-22-8-10-24-39(35)43;1-3-4-2;1-2/h1-27H;3-4H,1-2H2;1-2H3. The molecule has 0 saturated carbocycles. The van der Waals surface area contributed by atoms with Crippen LogP contribution in [0.5, 0.6) is 0 Å². The lowest BCUT2D eigenvalue weighted by Gasteiger charge is -2.12. The highest BCUT2D eigenvalue weighted by atomic mass is 15.0. The van der Waals surface area contributed by atoms with E-state index >= 15 is 0 Å². The summed E-state index contributed by atoms with van der Waals surface area (Å²) in [6.45, 7) is 10.7. The molecular weight excluding hydrogens is 595 g/mol. The van der Waals surface area contributed by atoms with Crippen LogP contribution in [0, 0.1) is 0 Å². The summed E-state index contributed by atoms with van der Waals surface area (Å²) in [5.41, 5.74) is 10.8. The highest BCUT2D eigenvalue weighted by Gasteiger charge is 2.14. The Hall–Kier alpha value is -6.32. The number of rotatable bonds is 6. The molecule has 3 heteroatoms. The van der Waals surface area contributed by atoms with Crippen LogP contribution in [0.1, 0.15) is 13.8 Å². The topological polar surface area (TPSA) is 30.7 Å². The van der Waals surface area contributed by atoms with E-state index in [0.29, 0.717) is 0 Å². The van der Waals surface area contributed by atoms with Crippen LogP contribution in [-0.2, 0) is 0 Å². The molecule has 0 atom stereocenters. The Morgan fingerprint density at radius 2 is 0.878 bits per heavy atom. The van der Waals surface area contributed by atoms with E-state index in [2.05, 4.69) is 145 Å². The molecule has 0 aliphatic rings. The van der Waals surface area contributed by atoms with Gasteiger partial charge in [-0.05, 0) is 47.5 Å². The molecule has 3 nitrogen and oxygen atoms in total. The minimum Gasteiger partial charge on any atom is -0.309 e. The lowest BCUT2D eigenvalue weighted by molar-refractivity contribution is 1.18. The van der Waals surface area contributed by atoms with Crippen LogP contribution in [0.3, 0.4) is 0 Å². The maximum Gasteiger partial charge on any atom is 0.160 e. The van der Waals surface area contributed by atoms with Gasteiger partial charge in [0.25, 0.3) is 0 Å². The summed E-state index contributed by atoms with van der Waals surface area (Å²) in [6, 6.07) is 57.3. The number of hydrogen-bond acceptors (Lipinski definition) is 2. The third-order valence-corrected chi connectivity index (χ3v) is 8.17. The second-order valence-corrected chi connectivity index (χ2v) is 11.2. The zero-order valence-electron chi connectivity index (χ0n) is 28.0. The zero-order valence-corrected chi connectivity index (χ0v) is 28.0. The van der Waals surface area contributed by atoms with Gasteiger partial charge in [-0.3, -0.25) is 0 Å². The molecule has 0 aliphatic carbocycles. The minimum absolute atomic E-state index is 0.718. The SMILES string of the molecule is C=CC=C.CC.c1ccc(-c2cc(-c3cccc(-c4cccc(-n5c6ccccc6c6ccccc65)c4)c3)nc(-c3ccccc3)n2)cc1. The minimum atomic E-state index is 0.718. The first-order chi connectivity index (χ1) is 24.2. The van der Waals surface area contributed by atoms with Crippen molar-refractivity contribution in [2.45, 2.75) is 13.8 Å². The summed E-state index contributed by atoms with van der Waals surface area (Å²) in [5.74, 6) is 0.718. The van der Waals surface area contributed by atoms with Gasteiger partial charge in [-0.25, -0.2) is 9.97 Å². The molecule has 2 aromatic heterocycles. The number of allylic oxidation sites excluding steroid dienone is 2. The summed E-state index contributed by atoms with van der Waals surface area (Å²) >= 11 is 0. The van der Waals surface area contributed by atoms with E-state index < -0.39 is 0 Å². The van der Waals surface area contributed by atoms with Crippen molar-refractivity contribution in [2.75, 3.05) is 0 Å². The first-order valence-corrected chi connectivity index (χ1v) is 16.7. The van der Waals surface area contributed by atoms with Gasteiger partial charge in [-0.15, -0.1) is 0 Å². The first-order valence-electron chi connectivity index (χ1n) is 16.7. The van der Waals surface area contributed by atoms with Gasteiger partial charge < -0.3 is 4.57 Å². The fraction of sp³-hybridized carbons (Fsp3) is 0.0435. The van der Waals surface area contributed by atoms with Crippen molar-refractivity contribution in [3.05, 3.63) is 189 Å². The highest BCUT2D eigenvalue weighted by molar-refractivity contribution is 6.09. The quantitative estimate of drug-likeness (QED) is 0.171. The van der Waals surface area contributed by atoms with Crippen LogP contribution in [0.15, 0.2) is 189 Å². The summed E-state index contributed by atoms with van der Waals surface area (Å²) in [4.78, 5) is 10.0. The van der Waals surface area contributed by atoms with Gasteiger partial charge in [0.2, 0.25) is 0 Å². The second kappa shape index (κ2) is 15.5. The van der Waals surface area contributed by atoms with Crippen molar-refractivity contribution < 1.29 is 0 Å². The van der Waals surface area contributed by atoms with Gasteiger partial charge >= 0.3 is 0 Å². The molecule has 0 fully saturated rings. The normalized spacial score (nSPS) is 10.4. The second-order valence-electron chi connectivity index (χ2n) is 11.2. The van der Waals surface area contributed by atoms with E-state index in [1.807, 2.05) is 50.2 Å². The Labute approximate surface area is 289 Å². The maximum absolute atomic E-state index is 5.05. The van der Waals surface area contributed by atoms with E-state index in [1.54, 1.807) is 12.2 Å². The van der Waals surface area contributed by atoms with Crippen LogP contribution >= 0.6 is 0 Å². The predicted octanol–water partition coefficient (Wildman–Crippen LogP) is 12.6. The molecule has 2 heterocycles. The fourth-order valence-electron chi connectivity index (χ4n) is 5.95. The van der Waals surface area contributed by atoms with Gasteiger partial charge in [0.15, 0.2) is 5.82 Å². The van der Waals surface area contributed by atoms with E-state index in [0.717, 1.165) is 50.7 Å². The van der Waals surface area contributed by atoms with Crippen LogP contribution in [0.25, 0.3) is 72.5 Å². The van der Waals surface area contributed by atoms with Crippen LogP contribution < -0.4 is 0 Å². The van der Waals surface area contributed by atoms with Crippen molar-refractivity contribution in [3.8, 4) is 50.7 Å². The zero-order chi connectivity index (χ0) is 34.0. The van der Waals surface area contributed by atoms with Crippen molar-refractivity contribution in [2.24, 2.45) is 0 Å². The Kier molecular flexibility index (Phi) is 10.3. The summed E-state index contributed by atoms with van der Waals surface area (Å²) in [6.07, 6.45) is 3.28. The van der Waals surface area contributed by atoms with Crippen molar-refractivity contribution in [1.82, 2.24) is 14.5 Å². The van der Waals surface area contributed by atoms with Gasteiger partial charge in [-0.1, -0.05) is 167 Å². The smallest absolute Gasteiger partial charge is 0.160 e. The molecule has 49 heavy (non-hydrogen) atoms. The third kappa shape index (κ3) is 7.02. The third-order valence-electron chi connectivity index (χ3n) is 8.17. The summed E-state index contributed by atoms with van der Waals surface area (Å²) < 4.78 is 2.36. The van der Waals surface area contributed by atoms with Crippen molar-refractivity contribution in [1.29, 1.82) is 0 Å². The molecule has 0 spiro atoms. The molecule has 0 aliphatic heterocycles. The van der Waals surface area contributed by atoms with E-state index in [-0.39, 0.29) is 0 Å². The number of benzene rings is 6. The lowest BCUT2D eigenvalue weighted by atomic mass is 10.00. The monoisotopic (exact) mass is 633 g/mol. The van der Waals surface area contributed by atoms with Gasteiger partial charge in [0.1, 0.15) is 0 Å². The first kappa shape index (κ1) is 32.6. The van der Waals surface area contributed by atoms with E-state index in [1.165, 1.54) is 21.8 Å². The molecule has 8 aromatic rings. The van der Waals surface area contributed by atoms with E-state index in [9.17, 15) is 0 Å². The fourth-order valence-corrected chi connectivity index (χ4v) is 5.95. The van der Waals surface area contributed by atoms with Gasteiger partial charge in [-0.2, -0.15) is 0 Å². The molecule has 6 aromatic carbocycles. The molecule has 8 rings (SSSR count). The Balaban J connectivity index is 0.000000650. The van der Waals surface area contributed by atoms with Crippen molar-refractivity contribution in [3.63, 3.8) is 0 Å². The van der Waals surface area contributed by atoms with Crippen LogP contribution in [0.2, 0.25) is 0 Å². The number of para-hydroxylation sites is 2. The lowest BCUT2D eigenvalue weighted by Crippen LogP contribution is -1.96. The van der Waals surface area contributed by atoms with E-state index in [4.69, 9.17) is 9.97 Å². The molecule has 0 radical (unpaired) electrons. The van der Waals surface area contributed by atoms with Gasteiger partial charge in [0, 0.05) is 33.2 Å². The molecule has 0 amide bonds. The molecule has 0 unspecified atom stereocenters. The number of nitrogens with zero attached hydrogens (tertiary/aromatic N) is 3. The average Bonchev–Trinajstić information content (AvgIpc) is 3.54. The summed E-state index contributed by atoms with van der Waals surface area (Å²) in [7, 11) is 0. The Morgan fingerprint density at radius 3 is 1.47 bits per heavy atom. The summed E-state index contributed by atoms with van der Waals surface area (Å²) in [5, 5.41) is 2.52. The predicted molar refractivity (Wildman–Crippen MR) is 210 cm³/mol. The molecular formula is C46H39N3. The van der Waals surface area contributed by atoms with Crippen LogP contribution in [-0.4, -0.2) is 14.5 Å². The number of hydrogen-bond donors (Lipinski definition) is 0. The number of fused-ring (bicyclic) bond motifs is 3. The maximum atomic E-state index is 5.05. The average molecular weight is 634 g/mol. The Morgan fingerprint density at radius 1 is 0.429 bits per heavy atom. The number of aromatic nitrogens is 3. The molecule has 0 N–H and O–H groups in total. The molecule has 238 valence electrons. The largest absolute Gasteiger partial charge is 0.309 e. The molecule has 0 bridgehead atoms. The Bertz CT molecular complexity index is 2220. The highest BCUT2D eigenvalue weighted by Crippen LogP contribution is 2.34. The molecule has 0 saturated heterocycles.